The average Bonchev–Trinajstić information content (AvgIpc) is 2.56. The molecule has 2 aromatic carbocycles. The molecule has 116 valence electrons. The van der Waals surface area contributed by atoms with E-state index in [9.17, 15) is 19.8 Å². The van der Waals surface area contributed by atoms with Crippen LogP contribution in [0.1, 0.15) is 20.7 Å². The van der Waals surface area contributed by atoms with Gasteiger partial charge in [0.2, 0.25) is 0 Å². The van der Waals surface area contributed by atoms with Crippen molar-refractivity contribution in [3.63, 3.8) is 0 Å². The fourth-order valence-corrected chi connectivity index (χ4v) is 1.57. The maximum Gasteiger partial charge on any atom is 2.00 e. The number of para-hydroxylation sites is 2. The van der Waals surface area contributed by atoms with E-state index in [-0.39, 0.29) is 53.6 Å². The number of hydrogen-bond donors (Lipinski definition) is 0. The molecule has 0 saturated heterocycles. The van der Waals surface area contributed by atoms with E-state index in [1.165, 1.54) is 38.5 Å². The van der Waals surface area contributed by atoms with Gasteiger partial charge in [0.25, 0.3) is 0 Å². The van der Waals surface area contributed by atoms with E-state index in [0.29, 0.717) is 12.6 Å². The van der Waals surface area contributed by atoms with Crippen molar-refractivity contribution < 1.29 is 48.8 Å². The molecule has 7 heteroatoms. The van der Waals surface area contributed by atoms with Crippen molar-refractivity contribution in [2.45, 2.75) is 0 Å². The number of rotatable bonds is 4. The Bertz CT molecular complexity index is 600. The molecule has 2 aromatic rings. The quantitative estimate of drug-likeness (QED) is 0.594. The van der Waals surface area contributed by atoms with Crippen molar-refractivity contribution in [2.75, 3.05) is 14.2 Å². The Hall–Kier alpha value is -2.40. The van der Waals surface area contributed by atoms with E-state index < -0.39 is 0 Å². The molecule has 0 atom stereocenters. The number of carbonyl (C=O) groups excluding carboxylic acids is 2. The maximum atomic E-state index is 11.1. The van der Waals surface area contributed by atoms with Crippen LogP contribution in [0.4, 0.5) is 0 Å². The second-order valence-corrected chi connectivity index (χ2v) is 3.99. The first-order chi connectivity index (χ1) is 10.6. The number of methoxy groups -OCH3 is 2. The van der Waals surface area contributed by atoms with E-state index in [4.69, 9.17) is 9.47 Å². The molecule has 0 radical (unpaired) electrons. The van der Waals surface area contributed by atoms with Gasteiger partial charge in [-0.3, -0.25) is 9.59 Å². The first-order valence-corrected chi connectivity index (χ1v) is 6.17. The second kappa shape index (κ2) is 10.3. The zero-order valence-electron chi connectivity index (χ0n) is 12.8. The molecule has 0 aliphatic carbocycles. The molecule has 6 nitrogen and oxygen atoms in total. The van der Waals surface area contributed by atoms with Crippen LogP contribution in [0.5, 0.6) is 23.0 Å². The van der Waals surface area contributed by atoms with Gasteiger partial charge in [0, 0.05) is 11.1 Å². The molecule has 0 N–H and O–H groups in total. The summed E-state index contributed by atoms with van der Waals surface area (Å²) in [6, 6.07) is 9.16. The minimum atomic E-state index is -0.356. The molecule has 23 heavy (non-hydrogen) atoms. The fraction of sp³-hybridized carbons (Fsp3) is 0.125. The Morgan fingerprint density at radius 2 is 1.13 bits per heavy atom. The van der Waals surface area contributed by atoms with Crippen LogP contribution in [0.15, 0.2) is 36.4 Å². The Kier molecular flexibility index (Phi) is 9.27. The first kappa shape index (κ1) is 20.6. The van der Waals surface area contributed by atoms with Crippen LogP contribution in [-0.2, 0) is 19.5 Å². The van der Waals surface area contributed by atoms with Crippen molar-refractivity contribution in [3.8, 4) is 23.0 Å². The van der Waals surface area contributed by atoms with Gasteiger partial charge in [-0.05, 0) is 12.1 Å². The number of aldehydes is 2. The second-order valence-electron chi connectivity index (χ2n) is 3.99. The van der Waals surface area contributed by atoms with Crippen LogP contribution < -0.4 is 19.7 Å². The summed E-state index contributed by atoms with van der Waals surface area (Å²) in [5.74, 6) is -0.306. The van der Waals surface area contributed by atoms with Gasteiger partial charge in [-0.1, -0.05) is 35.8 Å². The Morgan fingerprint density at radius 3 is 1.39 bits per heavy atom. The Labute approximate surface area is 146 Å². The van der Waals surface area contributed by atoms with Crippen LogP contribution in [0, 0.1) is 0 Å². The van der Waals surface area contributed by atoms with Crippen LogP contribution in [0.25, 0.3) is 0 Å². The van der Waals surface area contributed by atoms with Crippen LogP contribution in [-0.4, -0.2) is 26.8 Å². The average molecular weight is 368 g/mol. The molecule has 0 unspecified atom stereocenters. The normalized spacial score (nSPS) is 8.78. The summed E-state index contributed by atoms with van der Waals surface area (Å²) >= 11 is 0. The molecule has 0 heterocycles. The molecule has 0 aliphatic rings. The third-order valence-corrected chi connectivity index (χ3v) is 2.71. The monoisotopic (exact) mass is 366 g/mol. The van der Waals surface area contributed by atoms with Crippen molar-refractivity contribution >= 4 is 12.6 Å². The summed E-state index contributed by atoms with van der Waals surface area (Å²) in [6.07, 6.45) is 1.04. The van der Waals surface area contributed by atoms with Crippen molar-refractivity contribution in [1.82, 2.24) is 0 Å². The summed E-state index contributed by atoms with van der Waals surface area (Å²) in [5, 5.41) is 22.1. The molecule has 0 bridgehead atoms. The fourth-order valence-electron chi connectivity index (χ4n) is 1.57. The van der Waals surface area contributed by atoms with Gasteiger partial charge in [0.1, 0.15) is 24.1 Å². The Balaban J connectivity index is 0.000000403. The van der Waals surface area contributed by atoms with Crippen molar-refractivity contribution in [1.29, 1.82) is 0 Å². The largest absolute Gasteiger partial charge is 2.00 e. The summed E-state index contributed by atoms with van der Waals surface area (Å²) in [4.78, 5) is 20.5. The van der Waals surface area contributed by atoms with Gasteiger partial charge in [-0.25, -0.2) is 0 Å². The summed E-state index contributed by atoms with van der Waals surface area (Å²) in [7, 11) is 2.79. The Morgan fingerprint density at radius 1 is 0.783 bits per heavy atom. The SMILES string of the molecule is COc1cccc(C=O)c1[O-].COc1cccc(C=O)c1[O-].[Zn+2]. The number of hydrogen-bond acceptors (Lipinski definition) is 6. The topological polar surface area (TPSA) is 98.7 Å². The van der Waals surface area contributed by atoms with Gasteiger partial charge in [0.15, 0.2) is 0 Å². The third-order valence-electron chi connectivity index (χ3n) is 2.71. The zero-order valence-corrected chi connectivity index (χ0v) is 15.7. The van der Waals surface area contributed by atoms with Crippen molar-refractivity contribution in [3.05, 3.63) is 47.5 Å². The van der Waals surface area contributed by atoms with Crippen LogP contribution in [0.3, 0.4) is 0 Å². The number of ether oxygens (including phenoxy) is 2. The summed E-state index contributed by atoms with van der Waals surface area (Å²) < 4.78 is 9.43. The van der Waals surface area contributed by atoms with Gasteiger partial charge in [0.05, 0.1) is 14.2 Å². The number of carbonyl (C=O) groups is 2. The summed E-state index contributed by atoms with van der Waals surface area (Å²) in [5.41, 5.74) is 0.258. The smallest absolute Gasteiger partial charge is 0.869 e. The molecule has 0 aliphatic heterocycles. The first-order valence-electron chi connectivity index (χ1n) is 6.17. The van der Waals surface area contributed by atoms with E-state index in [1.54, 1.807) is 12.1 Å². The van der Waals surface area contributed by atoms with Crippen LogP contribution in [0.2, 0.25) is 0 Å². The predicted octanol–water partition coefficient (Wildman–Crippen LogP) is 1.16. The summed E-state index contributed by atoms with van der Waals surface area (Å²) in [6.45, 7) is 0. The molecule has 0 spiro atoms. The molecular formula is C16H14O6Zn. The van der Waals surface area contributed by atoms with Gasteiger partial charge < -0.3 is 19.7 Å². The maximum absolute atomic E-state index is 11.1. The minimum absolute atomic E-state index is 0. The molecular weight excluding hydrogens is 354 g/mol. The molecule has 0 saturated carbocycles. The third kappa shape index (κ3) is 5.38. The predicted molar refractivity (Wildman–Crippen MR) is 75.7 cm³/mol. The molecule has 0 fully saturated rings. The standard InChI is InChI=1S/2C8H8O3.Zn/c2*1-11-7-4-2-3-6(5-9)8(7)10;/h2*2-5,10H,1H3;/q;;+2/p-2. The van der Waals surface area contributed by atoms with Crippen LogP contribution >= 0.6 is 0 Å². The van der Waals surface area contributed by atoms with Gasteiger partial charge in [-0.15, -0.1) is 0 Å². The van der Waals surface area contributed by atoms with E-state index in [2.05, 4.69) is 0 Å². The molecule has 0 aromatic heterocycles. The molecule has 0 amide bonds. The van der Waals surface area contributed by atoms with Crippen molar-refractivity contribution in [2.24, 2.45) is 0 Å². The molecule has 2 rings (SSSR count). The number of benzene rings is 2. The van der Waals surface area contributed by atoms with Gasteiger partial charge >= 0.3 is 19.5 Å². The zero-order chi connectivity index (χ0) is 16.5. The van der Waals surface area contributed by atoms with Gasteiger partial charge in [-0.2, -0.15) is 0 Å². The van der Waals surface area contributed by atoms with E-state index in [0.717, 1.165) is 0 Å². The minimum Gasteiger partial charge on any atom is -0.869 e. The van der Waals surface area contributed by atoms with E-state index >= 15 is 0 Å². The van der Waals surface area contributed by atoms with E-state index in [1.807, 2.05) is 0 Å².